The van der Waals surface area contributed by atoms with Crippen molar-refractivity contribution in [1.29, 1.82) is 0 Å². The summed E-state index contributed by atoms with van der Waals surface area (Å²) in [5, 5.41) is 0.485. The van der Waals surface area contributed by atoms with E-state index in [1.807, 2.05) is 0 Å². The Kier molecular flexibility index (Phi) is 2.53. The Morgan fingerprint density at radius 2 is 2.18 bits per heavy atom. The third-order valence-corrected chi connectivity index (χ3v) is 1.67. The average Bonchev–Trinajstić information content (AvgIpc) is 2.04. The third kappa shape index (κ3) is 1.74. The van der Waals surface area contributed by atoms with Gasteiger partial charge in [-0.25, -0.2) is 4.98 Å². The molecule has 58 valence electrons. The summed E-state index contributed by atoms with van der Waals surface area (Å²) in [5.74, 6) is -0.549. The van der Waals surface area contributed by atoms with E-state index < -0.39 is 5.91 Å². The van der Waals surface area contributed by atoms with Gasteiger partial charge in [-0.05, 0) is 0 Å². The molecule has 1 amide bonds. The molecule has 0 aromatic carbocycles. The number of carbonyl (C=O) groups is 1. The topological polar surface area (TPSA) is 68.9 Å². The number of alkyl halides is 1. The summed E-state index contributed by atoms with van der Waals surface area (Å²) < 4.78 is 0. The minimum atomic E-state index is -0.549. The summed E-state index contributed by atoms with van der Waals surface area (Å²) in [7, 11) is 0. The fraction of sp³-hybridized carbons (Fsp3) is 0.167. The van der Waals surface area contributed by atoms with E-state index in [1.54, 1.807) is 0 Å². The van der Waals surface area contributed by atoms with Gasteiger partial charge in [-0.15, -0.1) is 0 Å². The van der Waals surface area contributed by atoms with Gasteiger partial charge in [0.1, 0.15) is 5.69 Å². The zero-order valence-electron chi connectivity index (χ0n) is 5.62. The fourth-order valence-electron chi connectivity index (χ4n) is 0.670. The molecule has 0 bridgehead atoms. The first-order chi connectivity index (χ1) is 5.25. The van der Waals surface area contributed by atoms with Crippen molar-refractivity contribution >= 4 is 21.8 Å². The van der Waals surface area contributed by atoms with Gasteiger partial charge in [-0.2, -0.15) is 0 Å². The largest absolute Gasteiger partial charge is 0.364 e. The van der Waals surface area contributed by atoms with Crippen LogP contribution in [0.15, 0.2) is 12.4 Å². The molecule has 0 spiro atoms. The van der Waals surface area contributed by atoms with Gasteiger partial charge in [0, 0.05) is 17.7 Å². The highest BCUT2D eigenvalue weighted by Gasteiger charge is 2.07. The van der Waals surface area contributed by atoms with E-state index in [1.165, 1.54) is 12.4 Å². The maximum Gasteiger partial charge on any atom is 0.269 e. The van der Waals surface area contributed by atoms with Crippen LogP contribution in [-0.4, -0.2) is 15.9 Å². The second-order valence-corrected chi connectivity index (χ2v) is 2.41. The van der Waals surface area contributed by atoms with Crippen molar-refractivity contribution in [2.45, 2.75) is 5.33 Å². The summed E-state index contributed by atoms with van der Waals surface area (Å²) in [4.78, 5) is 18.4. The van der Waals surface area contributed by atoms with Gasteiger partial charge in [0.05, 0.1) is 5.69 Å². The maximum atomic E-state index is 10.7. The van der Waals surface area contributed by atoms with Gasteiger partial charge in [0.15, 0.2) is 0 Å². The van der Waals surface area contributed by atoms with Crippen LogP contribution in [0, 0.1) is 0 Å². The third-order valence-electron chi connectivity index (χ3n) is 1.13. The van der Waals surface area contributed by atoms with Crippen molar-refractivity contribution in [3.8, 4) is 0 Å². The van der Waals surface area contributed by atoms with E-state index in [4.69, 9.17) is 5.73 Å². The number of rotatable bonds is 2. The van der Waals surface area contributed by atoms with Crippen LogP contribution in [0.2, 0.25) is 0 Å². The lowest BCUT2D eigenvalue weighted by Crippen LogP contribution is -2.16. The summed E-state index contributed by atoms with van der Waals surface area (Å²) in [6.07, 6.45) is 2.95. The Balaban J connectivity index is 3.12. The standard InChI is InChI=1S/C6H6BrN3O/c7-3-4-5(6(8)11)10-2-1-9-4/h1-2H,3H2,(H2,8,11). The summed E-state index contributed by atoms with van der Waals surface area (Å²) in [6, 6.07) is 0. The molecule has 0 unspecified atom stereocenters. The smallest absolute Gasteiger partial charge is 0.269 e. The van der Waals surface area contributed by atoms with Crippen molar-refractivity contribution in [2.75, 3.05) is 0 Å². The lowest BCUT2D eigenvalue weighted by atomic mass is 10.3. The van der Waals surface area contributed by atoms with E-state index in [0.717, 1.165) is 0 Å². The van der Waals surface area contributed by atoms with Gasteiger partial charge < -0.3 is 5.73 Å². The molecule has 0 saturated carbocycles. The first kappa shape index (κ1) is 8.13. The molecule has 11 heavy (non-hydrogen) atoms. The molecule has 1 aromatic heterocycles. The predicted molar refractivity (Wildman–Crippen MR) is 43.2 cm³/mol. The maximum absolute atomic E-state index is 10.7. The average molecular weight is 216 g/mol. The van der Waals surface area contributed by atoms with Gasteiger partial charge in [-0.3, -0.25) is 9.78 Å². The van der Waals surface area contributed by atoms with Crippen molar-refractivity contribution in [3.63, 3.8) is 0 Å². The zero-order chi connectivity index (χ0) is 8.27. The van der Waals surface area contributed by atoms with E-state index in [0.29, 0.717) is 11.0 Å². The number of aromatic nitrogens is 2. The second kappa shape index (κ2) is 3.43. The fourth-order valence-corrected chi connectivity index (χ4v) is 1.08. The van der Waals surface area contributed by atoms with Gasteiger partial charge in [0.2, 0.25) is 0 Å². The van der Waals surface area contributed by atoms with Crippen LogP contribution in [-0.2, 0) is 5.33 Å². The van der Waals surface area contributed by atoms with Crippen LogP contribution in [0.5, 0.6) is 0 Å². The molecule has 0 aliphatic heterocycles. The van der Waals surface area contributed by atoms with Crippen LogP contribution in [0.1, 0.15) is 16.2 Å². The summed E-state index contributed by atoms with van der Waals surface area (Å²) in [5.41, 5.74) is 5.82. The monoisotopic (exact) mass is 215 g/mol. The molecule has 0 aliphatic carbocycles. The molecule has 1 rings (SSSR count). The van der Waals surface area contributed by atoms with Crippen molar-refractivity contribution in [3.05, 3.63) is 23.8 Å². The van der Waals surface area contributed by atoms with Crippen molar-refractivity contribution < 1.29 is 4.79 Å². The van der Waals surface area contributed by atoms with Crippen LogP contribution < -0.4 is 5.73 Å². The molecule has 0 fully saturated rings. The number of nitrogens with two attached hydrogens (primary N) is 1. The number of hydrogen-bond acceptors (Lipinski definition) is 3. The van der Waals surface area contributed by atoms with Crippen LogP contribution in [0.4, 0.5) is 0 Å². The predicted octanol–water partition coefficient (Wildman–Crippen LogP) is 0.470. The number of halogens is 1. The molecule has 0 saturated heterocycles. The van der Waals surface area contributed by atoms with E-state index in [9.17, 15) is 4.79 Å². The Bertz CT molecular complexity index is 276. The van der Waals surface area contributed by atoms with E-state index in [-0.39, 0.29) is 5.69 Å². The zero-order valence-corrected chi connectivity index (χ0v) is 7.21. The molecule has 4 nitrogen and oxygen atoms in total. The van der Waals surface area contributed by atoms with Crippen molar-refractivity contribution in [2.24, 2.45) is 5.73 Å². The first-order valence-electron chi connectivity index (χ1n) is 2.91. The summed E-state index contributed by atoms with van der Waals surface area (Å²) >= 11 is 3.17. The highest BCUT2D eigenvalue weighted by Crippen LogP contribution is 2.04. The molecular weight excluding hydrogens is 210 g/mol. The Morgan fingerprint density at radius 1 is 1.55 bits per heavy atom. The second-order valence-electron chi connectivity index (χ2n) is 1.85. The van der Waals surface area contributed by atoms with Gasteiger partial charge in [-0.1, -0.05) is 15.9 Å². The Hall–Kier alpha value is -0.970. The number of carbonyl (C=O) groups excluding carboxylic acids is 1. The molecule has 0 radical (unpaired) electrons. The number of amides is 1. The Morgan fingerprint density at radius 3 is 2.64 bits per heavy atom. The van der Waals surface area contributed by atoms with Crippen molar-refractivity contribution in [1.82, 2.24) is 9.97 Å². The van der Waals surface area contributed by atoms with E-state index >= 15 is 0 Å². The quantitative estimate of drug-likeness (QED) is 0.730. The number of hydrogen-bond donors (Lipinski definition) is 1. The van der Waals surface area contributed by atoms with Crippen LogP contribution >= 0.6 is 15.9 Å². The normalized spacial score (nSPS) is 9.55. The van der Waals surface area contributed by atoms with Crippen LogP contribution in [0.25, 0.3) is 0 Å². The Labute approximate surface area is 72.0 Å². The van der Waals surface area contributed by atoms with Crippen LogP contribution in [0.3, 0.4) is 0 Å². The molecule has 1 aromatic rings. The van der Waals surface area contributed by atoms with Gasteiger partial charge >= 0.3 is 0 Å². The molecule has 0 atom stereocenters. The SMILES string of the molecule is NC(=O)c1nccnc1CBr. The molecule has 5 heteroatoms. The minimum Gasteiger partial charge on any atom is -0.364 e. The molecule has 1 heterocycles. The lowest BCUT2D eigenvalue weighted by Gasteiger charge is -1.98. The lowest BCUT2D eigenvalue weighted by molar-refractivity contribution is 0.0994. The van der Waals surface area contributed by atoms with E-state index in [2.05, 4.69) is 25.9 Å². The summed E-state index contributed by atoms with van der Waals surface area (Å²) in [6.45, 7) is 0. The first-order valence-corrected chi connectivity index (χ1v) is 4.03. The molecular formula is C6H6BrN3O. The number of primary amides is 1. The molecule has 0 aliphatic rings. The van der Waals surface area contributed by atoms with Gasteiger partial charge in [0.25, 0.3) is 5.91 Å². The molecule has 2 N–H and O–H groups in total. The minimum absolute atomic E-state index is 0.226. The highest BCUT2D eigenvalue weighted by molar-refractivity contribution is 9.08. The highest BCUT2D eigenvalue weighted by atomic mass is 79.9. The number of nitrogens with zero attached hydrogens (tertiary/aromatic N) is 2.